The molecule has 1 heterocycles. The number of hydrogen-bond donors (Lipinski definition) is 1. The average molecular weight is 413 g/mol. The van der Waals surface area contributed by atoms with Gasteiger partial charge in [0.15, 0.2) is 5.78 Å². The molecule has 1 aliphatic rings. The van der Waals surface area contributed by atoms with E-state index in [2.05, 4.69) is 6.07 Å². The van der Waals surface area contributed by atoms with E-state index in [1.807, 2.05) is 36.4 Å². The number of halogens is 3. The lowest BCUT2D eigenvalue weighted by atomic mass is 9.95. The fourth-order valence-corrected chi connectivity index (χ4v) is 4.77. The van der Waals surface area contributed by atoms with Gasteiger partial charge in [-0.25, -0.2) is 0 Å². The summed E-state index contributed by atoms with van der Waals surface area (Å²) in [7, 11) is 0. The van der Waals surface area contributed by atoms with Crippen molar-refractivity contribution in [1.82, 2.24) is 0 Å². The van der Waals surface area contributed by atoms with Gasteiger partial charge in [0.05, 0.1) is 21.4 Å². The summed E-state index contributed by atoms with van der Waals surface area (Å²) in [4.78, 5) is 12.9. The molecule has 2 N–H and O–H groups in total. The molecule has 0 spiro atoms. The molecule has 0 fully saturated rings. The Kier molecular flexibility index (Phi) is 5.13. The number of carbonyl (C=O) groups excluding carboxylic acids is 1. The quantitative estimate of drug-likeness (QED) is 0.588. The SMILES string of the molecule is NC1=C(c2cccc(C(F)(F)F)c2)C(=O)C(CCc2cccc3ccccc23)S1. The maximum absolute atomic E-state index is 13.0. The number of nitrogens with two attached hydrogens (primary N) is 1. The van der Waals surface area contributed by atoms with E-state index in [0.29, 0.717) is 12.8 Å². The Balaban J connectivity index is 1.54. The Morgan fingerprint density at radius 1 is 0.966 bits per heavy atom. The molecule has 148 valence electrons. The van der Waals surface area contributed by atoms with Crippen molar-refractivity contribution in [2.75, 3.05) is 0 Å². The Bertz CT molecular complexity index is 1120. The van der Waals surface area contributed by atoms with Gasteiger partial charge < -0.3 is 5.73 Å². The van der Waals surface area contributed by atoms with Gasteiger partial charge in [-0.2, -0.15) is 13.2 Å². The van der Waals surface area contributed by atoms with Crippen LogP contribution in [0.1, 0.15) is 23.1 Å². The van der Waals surface area contributed by atoms with E-state index in [1.165, 1.54) is 23.9 Å². The van der Waals surface area contributed by atoms with Crippen molar-refractivity contribution in [1.29, 1.82) is 0 Å². The van der Waals surface area contributed by atoms with Crippen molar-refractivity contribution in [3.8, 4) is 0 Å². The summed E-state index contributed by atoms with van der Waals surface area (Å²) in [6.45, 7) is 0. The molecule has 0 aliphatic carbocycles. The van der Waals surface area contributed by atoms with Crippen LogP contribution in [0, 0.1) is 0 Å². The first-order chi connectivity index (χ1) is 13.8. The first kappa shape index (κ1) is 19.6. The van der Waals surface area contributed by atoms with Gasteiger partial charge >= 0.3 is 6.18 Å². The topological polar surface area (TPSA) is 43.1 Å². The minimum absolute atomic E-state index is 0.198. The first-order valence-corrected chi connectivity index (χ1v) is 10.1. The number of allylic oxidation sites excluding steroid dienone is 1. The molecule has 1 unspecified atom stereocenters. The van der Waals surface area contributed by atoms with E-state index in [9.17, 15) is 18.0 Å². The number of aryl methyl sites for hydroxylation is 1. The van der Waals surface area contributed by atoms with Crippen molar-refractivity contribution in [3.63, 3.8) is 0 Å². The summed E-state index contributed by atoms with van der Waals surface area (Å²) >= 11 is 1.24. The van der Waals surface area contributed by atoms with Crippen LogP contribution in [-0.4, -0.2) is 11.0 Å². The minimum atomic E-state index is -4.46. The maximum Gasteiger partial charge on any atom is 0.416 e. The van der Waals surface area contributed by atoms with E-state index < -0.39 is 17.0 Å². The number of benzene rings is 3. The van der Waals surface area contributed by atoms with Gasteiger partial charge in [0.1, 0.15) is 0 Å². The zero-order chi connectivity index (χ0) is 20.6. The fourth-order valence-electron chi connectivity index (χ4n) is 3.67. The average Bonchev–Trinajstić information content (AvgIpc) is 2.99. The summed E-state index contributed by atoms with van der Waals surface area (Å²) in [6.07, 6.45) is -3.21. The molecule has 1 atom stereocenters. The molecular weight excluding hydrogens is 395 g/mol. The Morgan fingerprint density at radius 2 is 1.69 bits per heavy atom. The molecule has 1 aliphatic heterocycles. The maximum atomic E-state index is 13.0. The molecule has 3 aromatic rings. The fraction of sp³-hybridized carbons (Fsp3) is 0.174. The number of Topliss-reactive ketones (excluding diaryl/α,β-unsaturated/α-hetero) is 1. The van der Waals surface area contributed by atoms with Crippen LogP contribution in [0.2, 0.25) is 0 Å². The zero-order valence-corrected chi connectivity index (χ0v) is 16.2. The van der Waals surface area contributed by atoms with Gasteiger partial charge in [-0.1, -0.05) is 66.4 Å². The Labute approximate surface area is 170 Å². The second-order valence-corrected chi connectivity index (χ2v) is 8.21. The summed E-state index contributed by atoms with van der Waals surface area (Å²) in [6, 6.07) is 18.9. The summed E-state index contributed by atoms with van der Waals surface area (Å²) in [5.41, 5.74) is 6.83. The number of ketones is 1. The highest BCUT2D eigenvalue weighted by molar-refractivity contribution is 8.05. The molecule has 29 heavy (non-hydrogen) atoms. The third-order valence-electron chi connectivity index (χ3n) is 5.09. The van der Waals surface area contributed by atoms with E-state index in [4.69, 9.17) is 5.73 Å². The first-order valence-electron chi connectivity index (χ1n) is 9.19. The van der Waals surface area contributed by atoms with Crippen LogP contribution < -0.4 is 5.73 Å². The van der Waals surface area contributed by atoms with Gasteiger partial charge in [0.2, 0.25) is 0 Å². The molecule has 6 heteroatoms. The van der Waals surface area contributed by atoms with Crippen LogP contribution in [0.25, 0.3) is 16.3 Å². The summed E-state index contributed by atoms with van der Waals surface area (Å²) in [5.74, 6) is -0.202. The number of carbonyl (C=O) groups is 1. The van der Waals surface area contributed by atoms with Crippen molar-refractivity contribution in [3.05, 3.63) is 88.4 Å². The van der Waals surface area contributed by atoms with Gasteiger partial charge in [0, 0.05) is 0 Å². The Hall–Kier alpha value is -2.73. The lowest BCUT2D eigenvalue weighted by Crippen LogP contribution is -2.15. The summed E-state index contributed by atoms with van der Waals surface area (Å²) < 4.78 is 39.1. The monoisotopic (exact) mass is 413 g/mol. The zero-order valence-electron chi connectivity index (χ0n) is 15.4. The highest BCUT2D eigenvalue weighted by Gasteiger charge is 2.35. The van der Waals surface area contributed by atoms with E-state index in [0.717, 1.165) is 28.5 Å². The molecule has 0 aromatic heterocycles. The van der Waals surface area contributed by atoms with Crippen LogP contribution in [0.5, 0.6) is 0 Å². The Morgan fingerprint density at radius 3 is 2.48 bits per heavy atom. The van der Waals surface area contributed by atoms with Crippen molar-refractivity contribution >= 4 is 33.9 Å². The second kappa shape index (κ2) is 7.59. The minimum Gasteiger partial charge on any atom is -0.393 e. The second-order valence-electron chi connectivity index (χ2n) is 6.97. The highest BCUT2D eigenvalue weighted by Crippen LogP contribution is 2.41. The van der Waals surface area contributed by atoms with Crippen LogP contribution in [0.4, 0.5) is 13.2 Å². The lowest BCUT2D eigenvalue weighted by Gasteiger charge is -2.11. The largest absolute Gasteiger partial charge is 0.416 e. The molecule has 3 aromatic carbocycles. The molecular formula is C23H18F3NOS. The molecule has 0 radical (unpaired) electrons. The van der Waals surface area contributed by atoms with Gasteiger partial charge in [-0.15, -0.1) is 0 Å². The molecule has 0 bridgehead atoms. The number of rotatable bonds is 4. The van der Waals surface area contributed by atoms with Crippen molar-refractivity contribution in [2.24, 2.45) is 5.73 Å². The number of thioether (sulfide) groups is 1. The predicted octanol–water partition coefficient (Wildman–Crippen LogP) is 5.80. The van der Waals surface area contributed by atoms with Crippen LogP contribution >= 0.6 is 11.8 Å². The predicted molar refractivity (Wildman–Crippen MR) is 111 cm³/mol. The highest BCUT2D eigenvalue weighted by atomic mass is 32.2. The van der Waals surface area contributed by atoms with E-state index in [1.54, 1.807) is 0 Å². The standard InChI is InChI=1S/C23H18F3NOS/c24-23(25,26)17-9-4-8-16(13-17)20-21(28)19(29-22(20)27)12-11-15-7-3-6-14-5-1-2-10-18(14)15/h1-10,13,19H,11-12,27H2. The number of fused-ring (bicyclic) bond motifs is 1. The normalized spacial score (nSPS) is 17.3. The van der Waals surface area contributed by atoms with E-state index >= 15 is 0 Å². The van der Waals surface area contributed by atoms with Crippen molar-refractivity contribution < 1.29 is 18.0 Å². The molecule has 4 rings (SSSR count). The van der Waals surface area contributed by atoms with E-state index in [-0.39, 0.29) is 21.9 Å². The lowest BCUT2D eigenvalue weighted by molar-refractivity contribution is -0.137. The van der Waals surface area contributed by atoms with Crippen molar-refractivity contribution in [2.45, 2.75) is 24.3 Å². The van der Waals surface area contributed by atoms with Crippen LogP contribution in [-0.2, 0) is 17.4 Å². The number of hydrogen-bond acceptors (Lipinski definition) is 3. The van der Waals surface area contributed by atoms with Crippen LogP contribution in [0.3, 0.4) is 0 Å². The smallest absolute Gasteiger partial charge is 0.393 e. The van der Waals surface area contributed by atoms with Crippen LogP contribution in [0.15, 0.2) is 71.8 Å². The number of alkyl halides is 3. The third kappa shape index (κ3) is 3.90. The summed E-state index contributed by atoms with van der Waals surface area (Å²) in [5, 5.41) is 2.18. The molecule has 0 amide bonds. The molecule has 0 saturated carbocycles. The van der Waals surface area contributed by atoms with Gasteiger partial charge in [-0.05, 0) is 46.9 Å². The molecule has 0 saturated heterocycles. The molecule has 2 nitrogen and oxygen atoms in total. The van der Waals surface area contributed by atoms with Gasteiger partial charge in [0.25, 0.3) is 0 Å². The third-order valence-corrected chi connectivity index (χ3v) is 6.28. The van der Waals surface area contributed by atoms with Gasteiger partial charge in [-0.3, -0.25) is 4.79 Å².